The van der Waals surface area contributed by atoms with Crippen LogP contribution in [0.15, 0.2) is 35.7 Å². The molecule has 0 amide bonds. The molecule has 144 valence electrons. The molecule has 0 spiro atoms. The number of fused-ring (bicyclic) bond motifs is 2. The molecular formula is C21H25N7. The molecule has 1 N–H and O–H groups in total. The van der Waals surface area contributed by atoms with Crippen molar-refractivity contribution in [3.63, 3.8) is 0 Å². The third-order valence-corrected chi connectivity index (χ3v) is 5.75. The van der Waals surface area contributed by atoms with Crippen LogP contribution in [0, 0.1) is 5.92 Å². The van der Waals surface area contributed by atoms with Crippen molar-refractivity contribution in [1.29, 1.82) is 0 Å². The molecule has 3 aromatic rings. The van der Waals surface area contributed by atoms with Crippen molar-refractivity contribution in [1.82, 2.24) is 24.5 Å². The fourth-order valence-corrected chi connectivity index (χ4v) is 4.43. The number of likely N-dealkylation sites (N-methyl/N-ethyl adjacent to an activating group) is 1. The molecule has 1 fully saturated rings. The number of rotatable bonds is 4. The van der Waals surface area contributed by atoms with Gasteiger partial charge in [0.15, 0.2) is 5.82 Å². The number of pyridine rings is 1. The SMILES string of the molecule is CC1=Nc2ncc(-c3ccn4nc(NC5CN(C)C5)ncc34)cc2C1C(C)C. The van der Waals surface area contributed by atoms with E-state index in [9.17, 15) is 0 Å². The minimum absolute atomic E-state index is 0.337. The number of anilines is 1. The minimum Gasteiger partial charge on any atom is -0.348 e. The van der Waals surface area contributed by atoms with E-state index < -0.39 is 0 Å². The van der Waals surface area contributed by atoms with Gasteiger partial charge in [-0.05, 0) is 32.0 Å². The van der Waals surface area contributed by atoms with E-state index in [1.165, 1.54) is 5.56 Å². The second-order valence-corrected chi connectivity index (χ2v) is 8.32. The van der Waals surface area contributed by atoms with E-state index in [0.717, 1.165) is 41.3 Å². The van der Waals surface area contributed by atoms with Crippen LogP contribution in [0.4, 0.5) is 11.8 Å². The van der Waals surface area contributed by atoms with E-state index in [4.69, 9.17) is 0 Å². The van der Waals surface area contributed by atoms with Crippen LogP contribution in [-0.4, -0.2) is 56.4 Å². The largest absolute Gasteiger partial charge is 0.348 e. The average molecular weight is 375 g/mol. The number of likely N-dealkylation sites (tertiary alicyclic amines) is 1. The molecule has 3 aromatic heterocycles. The summed E-state index contributed by atoms with van der Waals surface area (Å²) in [5.41, 5.74) is 5.53. The highest BCUT2D eigenvalue weighted by molar-refractivity contribution is 5.96. The first-order chi connectivity index (χ1) is 13.5. The van der Waals surface area contributed by atoms with Crippen molar-refractivity contribution in [3.8, 4) is 11.1 Å². The maximum absolute atomic E-state index is 4.66. The monoisotopic (exact) mass is 375 g/mol. The maximum Gasteiger partial charge on any atom is 0.241 e. The van der Waals surface area contributed by atoms with E-state index in [-0.39, 0.29) is 0 Å². The van der Waals surface area contributed by atoms with E-state index in [0.29, 0.717) is 23.8 Å². The average Bonchev–Trinajstić information content (AvgIpc) is 3.19. The Balaban J connectivity index is 1.47. The van der Waals surface area contributed by atoms with Crippen LogP contribution in [0.5, 0.6) is 0 Å². The standard InChI is InChI=1S/C21H25N7/c1-12(2)19-13(3)24-20-17(19)7-14(8-22-20)16-5-6-28-18(16)9-23-21(26-28)25-15-10-27(4)11-15/h5-9,12,15,19H,10-11H2,1-4H3,(H,25,26). The molecule has 0 aromatic carbocycles. The van der Waals surface area contributed by atoms with Crippen molar-refractivity contribution in [2.45, 2.75) is 32.7 Å². The summed E-state index contributed by atoms with van der Waals surface area (Å²) in [4.78, 5) is 16.1. The van der Waals surface area contributed by atoms with Crippen LogP contribution in [-0.2, 0) is 0 Å². The molecule has 0 aliphatic carbocycles. The zero-order valence-electron chi connectivity index (χ0n) is 16.7. The summed E-state index contributed by atoms with van der Waals surface area (Å²) in [6, 6.07) is 4.75. The van der Waals surface area contributed by atoms with Gasteiger partial charge in [-0.15, -0.1) is 5.10 Å². The Morgan fingerprint density at radius 2 is 2.00 bits per heavy atom. The van der Waals surface area contributed by atoms with Crippen molar-refractivity contribution >= 4 is 23.0 Å². The lowest BCUT2D eigenvalue weighted by Crippen LogP contribution is -2.52. The molecule has 1 saturated heterocycles. The molecule has 7 heteroatoms. The zero-order valence-corrected chi connectivity index (χ0v) is 16.7. The minimum atomic E-state index is 0.337. The maximum atomic E-state index is 4.66. The topological polar surface area (TPSA) is 70.7 Å². The summed E-state index contributed by atoms with van der Waals surface area (Å²) in [6.07, 6.45) is 5.78. The van der Waals surface area contributed by atoms with Gasteiger partial charge in [-0.3, -0.25) is 0 Å². The normalized spacial score (nSPS) is 19.8. The fourth-order valence-electron chi connectivity index (χ4n) is 4.43. The van der Waals surface area contributed by atoms with Gasteiger partial charge in [0.2, 0.25) is 5.95 Å². The zero-order chi connectivity index (χ0) is 19.4. The number of hydrogen-bond acceptors (Lipinski definition) is 6. The highest BCUT2D eigenvalue weighted by Crippen LogP contribution is 2.40. The van der Waals surface area contributed by atoms with Crippen LogP contribution >= 0.6 is 0 Å². The first-order valence-electron chi connectivity index (χ1n) is 9.84. The summed E-state index contributed by atoms with van der Waals surface area (Å²) in [6.45, 7) is 8.63. The lowest BCUT2D eigenvalue weighted by molar-refractivity contribution is 0.204. The van der Waals surface area contributed by atoms with Crippen molar-refractivity contribution in [2.24, 2.45) is 10.9 Å². The smallest absolute Gasteiger partial charge is 0.241 e. The first-order valence-corrected chi connectivity index (χ1v) is 9.84. The lowest BCUT2D eigenvalue weighted by atomic mass is 9.86. The number of nitrogens with one attached hydrogen (secondary N) is 1. The Morgan fingerprint density at radius 1 is 1.18 bits per heavy atom. The van der Waals surface area contributed by atoms with Gasteiger partial charge >= 0.3 is 0 Å². The summed E-state index contributed by atoms with van der Waals surface area (Å²) in [5.74, 6) is 2.36. The molecular weight excluding hydrogens is 350 g/mol. The van der Waals surface area contributed by atoms with Gasteiger partial charge in [-0.1, -0.05) is 13.8 Å². The van der Waals surface area contributed by atoms with Crippen molar-refractivity contribution < 1.29 is 0 Å². The molecule has 0 bridgehead atoms. The number of aliphatic imine (C=N–C) groups is 1. The molecule has 2 aliphatic rings. The Labute approximate surface area is 164 Å². The quantitative estimate of drug-likeness (QED) is 0.757. The molecule has 5 heterocycles. The predicted molar refractivity (Wildman–Crippen MR) is 111 cm³/mol. The van der Waals surface area contributed by atoms with Gasteiger partial charge in [0.25, 0.3) is 0 Å². The van der Waals surface area contributed by atoms with Crippen LogP contribution in [0.3, 0.4) is 0 Å². The van der Waals surface area contributed by atoms with Crippen LogP contribution in [0.1, 0.15) is 32.3 Å². The Kier molecular flexibility index (Phi) is 3.94. The highest BCUT2D eigenvalue weighted by atomic mass is 15.3. The number of aromatic nitrogens is 4. The van der Waals surface area contributed by atoms with Gasteiger partial charge in [-0.25, -0.2) is 19.5 Å². The highest BCUT2D eigenvalue weighted by Gasteiger charge is 2.29. The molecule has 1 atom stereocenters. The summed E-state index contributed by atoms with van der Waals surface area (Å²) >= 11 is 0. The fraction of sp³-hybridized carbons (Fsp3) is 0.429. The first kappa shape index (κ1) is 17.3. The van der Waals surface area contributed by atoms with Crippen LogP contribution < -0.4 is 5.32 Å². The third-order valence-electron chi connectivity index (χ3n) is 5.75. The second-order valence-electron chi connectivity index (χ2n) is 8.32. The predicted octanol–water partition coefficient (Wildman–Crippen LogP) is 3.36. The number of hydrogen-bond donors (Lipinski definition) is 1. The Bertz CT molecular complexity index is 1080. The lowest BCUT2D eigenvalue weighted by Gasteiger charge is -2.36. The van der Waals surface area contributed by atoms with Crippen LogP contribution in [0.2, 0.25) is 0 Å². The molecule has 0 radical (unpaired) electrons. The second kappa shape index (κ2) is 6.38. The summed E-state index contributed by atoms with van der Waals surface area (Å²) < 4.78 is 1.89. The van der Waals surface area contributed by atoms with E-state index >= 15 is 0 Å². The molecule has 28 heavy (non-hydrogen) atoms. The Hall–Kier alpha value is -2.80. The third kappa shape index (κ3) is 2.77. The Morgan fingerprint density at radius 3 is 2.75 bits per heavy atom. The summed E-state index contributed by atoms with van der Waals surface area (Å²) in [7, 11) is 2.11. The van der Waals surface area contributed by atoms with Gasteiger partial charge in [0.05, 0.1) is 17.8 Å². The van der Waals surface area contributed by atoms with Crippen molar-refractivity contribution in [2.75, 3.05) is 25.5 Å². The van der Waals surface area contributed by atoms with Crippen LogP contribution in [0.25, 0.3) is 16.6 Å². The van der Waals surface area contributed by atoms with Gasteiger partial charge < -0.3 is 10.2 Å². The van der Waals surface area contributed by atoms with Gasteiger partial charge in [-0.2, -0.15) is 0 Å². The molecule has 2 aliphatic heterocycles. The molecule has 0 saturated carbocycles. The summed E-state index contributed by atoms with van der Waals surface area (Å²) in [5, 5.41) is 8.02. The van der Waals surface area contributed by atoms with E-state index in [2.05, 4.69) is 70.2 Å². The van der Waals surface area contributed by atoms with E-state index in [1.54, 1.807) is 0 Å². The van der Waals surface area contributed by atoms with Crippen molar-refractivity contribution in [3.05, 3.63) is 36.3 Å². The van der Waals surface area contributed by atoms with Gasteiger partial charge in [0, 0.05) is 53.8 Å². The molecule has 5 rings (SSSR count). The molecule has 1 unspecified atom stereocenters. The van der Waals surface area contributed by atoms with E-state index in [1.807, 2.05) is 23.1 Å². The van der Waals surface area contributed by atoms with Gasteiger partial charge in [0.1, 0.15) is 0 Å². The molecule has 7 nitrogen and oxygen atoms in total. The number of nitrogens with zero attached hydrogens (tertiary/aromatic N) is 6.